The fourth-order valence-corrected chi connectivity index (χ4v) is 2.05. The largest absolute Gasteiger partial charge is 0.377 e. The van der Waals surface area contributed by atoms with E-state index in [1.807, 2.05) is 0 Å². The number of benzene rings is 1. The number of halogens is 1. The van der Waals surface area contributed by atoms with Gasteiger partial charge in [-0.3, -0.25) is 0 Å². The molecule has 0 radical (unpaired) electrons. The van der Waals surface area contributed by atoms with Crippen LogP contribution in [0.1, 0.15) is 18.4 Å². The zero-order valence-corrected chi connectivity index (χ0v) is 10.3. The summed E-state index contributed by atoms with van der Waals surface area (Å²) in [7, 11) is 0. The summed E-state index contributed by atoms with van der Waals surface area (Å²) >= 11 is 3.43. The summed E-state index contributed by atoms with van der Waals surface area (Å²) < 4.78 is 6.67. The summed E-state index contributed by atoms with van der Waals surface area (Å²) in [6.07, 6.45) is 2.85. The summed E-state index contributed by atoms with van der Waals surface area (Å²) in [5, 5.41) is 3.42. The molecule has 2 nitrogen and oxygen atoms in total. The highest BCUT2D eigenvalue weighted by atomic mass is 79.9. The monoisotopic (exact) mass is 269 g/mol. The van der Waals surface area contributed by atoms with Crippen molar-refractivity contribution in [3.63, 3.8) is 0 Å². The third-order valence-electron chi connectivity index (χ3n) is 2.64. The first kappa shape index (κ1) is 11.1. The summed E-state index contributed by atoms with van der Waals surface area (Å²) in [6, 6.07) is 8.41. The van der Waals surface area contributed by atoms with Gasteiger partial charge in [-0.15, -0.1) is 0 Å². The number of nitrogens with one attached hydrogen (secondary N) is 1. The van der Waals surface area contributed by atoms with E-state index in [9.17, 15) is 0 Å². The first-order valence-corrected chi connectivity index (χ1v) is 6.20. The lowest BCUT2D eigenvalue weighted by Gasteiger charge is -2.10. The lowest BCUT2D eigenvalue weighted by Crippen LogP contribution is -2.25. The highest BCUT2D eigenvalue weighted by molar-refractivity contribution is 9.10. The van der Waals surface area contributed by atoms with E-state index < -0.39 is 0 Å². The first-order valence-electron chi connectivity index (χ1n) is 5.41. The van der Waals surface area contributed by atoms with Gasteiger partial charge in [0.2, 0.25) is 0 Å². The molecule has 1 fully saturated rings. The van der Waals surface area contributed by atoms with E-state index >= 15 is 0 Å². The van der Waals surface area contributed by atoms with Crippen LogP contribution in [-0.4, -0.2) is 19.3 Å². The van der Waals surface area contributed by atoms with Crippen molar-refractivity contribution in [2.24, 2.45) is 0 Å². The molecule has 2 rings (SSSR count). The van der Waals surface area contributed by atoms with Crippen LogP contribution in [-0.2, 0) is 11.3 Å². The second-order valence-electron chi connectivity index (χ2n) is 3.89. The van der Waals surface area contributed by atoms with Crippen LogP contribution in [0.5, 0.6) is 0 Å². The summed E-state index contributed by atoms with van der Waals surface area (Å²) in [5.41, 5.74) is 1.32. The van der Waals surface area contributed by atoms with E-state index in [2.05, 4.69) is 45.5 Å². The minimum Gasteiger partial charge on any atom is -0.377 e. The minimum absolute atomic E-state index is 0.431. The molecule has 3 heteroatoms. The molecule has 1 heterocycles. The van der Waals surface area contributed by atoms with Crippen molar-refractivity contribution in [2.75, 3.05) is 13.2 Å². The average Bonchev–Trinajstić information content (AvgIpc) is 2.74. The molecule has 1 saturated heterocycles. The Balaban J connectivity index is 1.71. The van der Waals surface area contributed by atoms with Crippen LogP contribution >= 0.6 is 15.9 Å². The zero-order chi connectivity index (χ0) is 10.5. The quantitative estimate of drug-likeness (QED) is 0.908. The molecule has 0 spiro atoms. The Labute approximate surface area is 99.1 Å². The van der Waals surface area contributed by atoms with Crippen molar-refractivity contribution in [2.45, 2.75) is 25.5 Å². The van der Waals surface area contributed by atoms with Crippen molar-refractivity contribution in [3.8, 4) is 0 Å². The van der Waals surface area contributed by atoms with Crippen LogP contribution in [0.3, 0.4) is 0 Å². The molecule has 1 aromatic carbocycles. The van der Waals surface area contributed by atoms with Gasteiger partial charge in [-0.2, -0.15) is 0 Å². The van der Waals surface area contributed by atoms with Gasteiger partial charge < -0.3 is 10.1 Å². The molecule has 82 valence electrons. The molecule has 1 N–H and O–H groups in total. The van der Waals surface area contributed by atoms with Crippen LogP contribution in [0.4, 0.5) is 0 Å². The highest BCUT2D eigenvalue weighted by Gasteiger charge is 2.14. The Morgan fingerprint density at radius 2 is 2.13 bits per heavy atom. The maximum absolute atomic E-state index is 5.54. The van der Waals surface area contributed by atoms with Gasteiger partial charge in [0.05, 0.1) is 6.10 Å². The van der Waals surface area contributed by atoms with Crippen LogP contribution in [0, 0.1) is 0 Å². The normalized spacial score (nSPS) is 20.7. The van der Waals surface area contributed by atoms with E-state index in [4.69, 9.17) is 4.74 Å². The van der Waals surface area contributed by atoms with Crippen molar-refractivity contribution < 1.29 is 4.74 Å². The predicted molar refractivity (Wildman–Crippen MR) is 64.8 cm³/mol. The number of rotatable bonds is 4. The number of ether oxygens (including phenoxy) is 1. The van der Waals surface area contributed by atoms with Gasteiger partial charge in [0.1, 0.15) is 0 Å². The van der Waals surface area contributed by atoms with Gasteiger partial charge in [0.25, 0.3) is 0 Å². The molecule has 0 bridgehead atoms. The standard InChI is InChI=1S/C12H16BrNO/c13-11-5-3-10(4-6-11)8-14-9-12-2-1-7-15-12/h3-6,12,14H,1-2,7-9H2/t12-/m1/s1. The van der Waals surface area contributed by atoms with E-state index in [0.29, 0.717) is 6.10 Å². The lowest BCUT2D eigenvalue weighted by atomic mass is 10.2. The van der Waals surface area contributed by atoms with Gasteiger partial charge in [0, 0.05) is 24.2 Å². The second-order valence-corrected chi connectivity index (χ2v) is 4.81. The smallest absolute Gasteiger partial charge is 0.0700 e. The molecule has 1 aliphatic heterocycles. The van der Waals surface area contributed by atoms with Gasteiger partial charge in [-0.05, 0) is 30.5 Å². The Morgan fingerprint density at radius 3 is 2.80 bits per heavy atom. The molecule has 0 aliphatic carbocycles. The van der Waals surface area contributed by atoms with Crippen LogP contribution in [0.25, 0.3) is 0 Å². The molecule has 1 aliphatic rings. The molecule has 0 aromatic heterocycles. The molecular weight excluding hydrogens is 254 g/mol. The van der Waals surface area contributed by atoms with Gasteiger partial charge in [-0.1, -0.05) is 28.1 Å². The van der Waals surface area contributed by atoms with Crippen molar-refractivity contribution in [1.29, 1.82) is 0 Å². The molecular formula is C12H16BrNO. The molecule has 15 heavy (non-hydrogen) atoms. The maximum atomic E-state index is 5.54. The Bertz CT molecular complexity index is 293. The van der Waals surface area contributed by atoms with Gasteiger partial charge >= 0.3 is 0 Å². The zero-order valence-electron chi connectivity index (χ0n) is 8.71. The SMILES string of the molecule is Brc1ccc(CNC[C@H]2CCCO2)cc1. The first-order chi connectivity index (χ1) is 7.34. The molecule has 0 amide bonds. The number of hydrogen-bond donors (Lipinski definition) is 1. The predicted octanol–water partition coefficient (Wildman–Crippen LogP) is 2.72. The Morgan fingerprint density at radius 1 is 1.33 bits per heavy atom. The Hall–Kier alpha value is -0.380. The van der Waals surface area contributed by atoms with Gasteiger partial charge in [-0.25, -0.2) is 0 Å². The summed E-state index contributed by atoms with van der Waals surface area (Å²) in [4.78, 5) is 0. The van der Waals surface area contributed by atoms with Crippen LogP contribution < -0.4 is 5.32 Å². The van der Waals surface area contributed by atoms with Crippen LogP contribution in [0.2, 0.25) is 0 Å². The van der Waals surface area contributed by atoms with E-state index in [1.54, 1.807) is 0 Å². The number of hydrogen-bond acceptors (Lipinski definition) is 2. The summed E-state index contributed by atoms with van der Waals surface area (Å²) in [6.45, 7) is 2.83. The maximum Gasteiger partial charge on any atom is 0.0700 e. The molecule has 1 aromatic rings. The lowest BCUT2D eigenvalue weighted by molar-refractivity contribution is 0.110. The second kappa shape index (κ2) is 5.64. The third kappa shape index (κ3) is 3.59. The van der Waals surface area contributed by atoms with Gasteiger partial charge in [0.15, 0.2) is 0 Å². The van der Waals surface area contributed by atoms with Crippen molar-refractivity contribution >= 4 is 15.9 Å². The molecule has 0 unspecified atom stereocenters. The molecule has 1 atom stereocenters. The third-order valence-corrected chi connectivity index (χ3v) is 3.17. The summed E-state index contributed by atoms with van der Waals surface area (Å²) in [5.74, 6) is 0. The topological polar surface area (TPSA) is 21.3 Å². The van der Waals surface area contributed by atoms with E-state index in [1.165, 1.54) is 18.4 Å². The van der Waals surface area contributed by atoms with Crippen LogP contribution in [0.15, 0.2) is 28.7 Å². The van der Waals surface area contributed by atoms with E-state index in [-0.39, 0.29) is 0 Å². The Kier molecular flexibility index (Phi) is 4.18. The highest BCUT2D eigenvalue weighted by Crippen LogP contribution is 2.12. The average molecular weight is 270 g/mol. The van der Waals surface area contributed by atoms with E-state index in [0.717, 1.165) is 24.2 Å². The minimum atomic E-state index is 0.431. The van der Waals surface area contributed by atoms with Crippen molar-refractivity contribution in [3.05, 3.63) is 34.3 Å². The molecule has 0 saturated carbocycles. The van der Waals surface area contributed by atoms with Crippen molar-refractivity contribution in [1.82, 2.24) is 5.32 Å². The fraction of sp³-hybridized carbons (Fsp3) is 0.500. The fourth-order valence-electron chi connectivity index (χ4n) is 1.79.